The monoisotopic (exact) mass is 328 g/mol. The average Bonchev–Trinajstić information content (AvgIpc) is 2.96. The SMILES string of the molecule is COc1ccc(C(=O)n2nc(-c3ccc(Cl)cc3)nc2N)cc1. The summed E-state index contributed by atoms with van der Waals surface area (Å²) in [5.74, 6) is 0.685. The van der Waals surface area contributed by atoms with E-state index in [2.05, 4.69) is 10.1 Å². The van der Waals surface area contributed by atoms with Crippen LogP contribution in [0.4, 0.5) is 5.95 Å². The van der Waals surface area contributed by atoms with Crippen molar-refractivity contribution in [1.29, 1.82) is 0 Å². The molecule has 23 heavy (non-hydrogen) atoms. The second-order valence-corrected chi connectivity index (χ2v) is 5.18. The number of carbonyl (C=O) groups excluding carboxylic acids is 1. The highest BCUT2D eigenvalue weighted by Gasteiger charge is 2.16. The molecule has 0 radical (unpaired) electrons. The summed E-state index contributed by atoms with van der Waals surface area (Å²) >= 11 is 5.86. The highest BCUT2D eigenvalue weighted by atomic mass is 35.5. The van der Waals surface area contributed by atoms with E-state index in [4.69, 9.17) is 22.1 Å². The van der Waals surface area contributed by atoms with E-state index in [9.17, 15) is 4.79 Å². The first-order valence-electron chi connectivity index (χ1n) is 6.75. The van der Waals surface area contributed by atoms with Crippen molar-refractivity contribution in [2.45, 2.75) is 0 Å². The number of ether oxygens (including phenoxy) is 1. The Kier molecular flexibility index (Phi) is 3.99. The van der Waals surface area contributed by atoms with Crippen molar-refractivity contribution in [3.63, 3.8) is 0 Å². The van der Waals surface area contributed by atoms with Crippen molar-refractivity contribution < 1.29 is 9.53 Å². The molecule has 0 aliphatic rings. The van der Waals surface area contributed by atoms with E-state index >= 15 is 0 Å². The number of nitrogens with zero attached hydrogens (tertiary/aromatic N) is 3. The predicted octanol–water partition coefficient (Wildman–Crippen LogP) is 2.88. The molecule has 2 aromatic carbocycles. The fourth-order valence-electron chi connectivity index (χ4n) is 2.05. The zero-order valence-electron chi connectivity index (χ0n) is 12.2. The molecule has 0 saturated heterocycles. The second-order valence-electron chi connectivity index (χ2n) is 4.75. The summed E-state index contributed by atoms with van der Waals surface area (Å²) < 4.78 is 6.14. The molecule has 0 spiro atoms. The Morgan fingerprint density at radius 1 is 1.13 bits per heavy atom. The largest absolute Gasteiger partial charge is 0.497 e. The van der Waals surface area contributed by atoms with Gasteiger partial charge < -0.3 is 10.5 Å². The van der Waals surface area contributed by atoms with Gasteiger partial charge in [0.2, 0.25) is 5.95 Å². The minimum absolute atomic E-state index is 0.0239. The van der Waals surface area contributed by atoms with Crippen LogP contribution in [0.25, 0.3) is 11.4 Å². The van der Waals surface area contributed by atoms with Gasteiger partial charge in [-0.05, 0) is 48.5 Å². The number of halogens is 1. The summed E-state index contributed by atoms with van der Waals surface area (Å²) in [7, 11) is 1.56. The van der Waals surface area contributed by atoms with Crippen molar-refractivity contribution >= 4 is 23.5 Å². The number of hydrogen-bond donors (Lipinski definition) is 1. The second kappa shape index (κ2) is 6.10. The topological polar surface area (TPSA) is 83.0 Å². The number of hydrogen-bond acceptors (Lipinski definition) is 5. The number of nitrogens with two attached hydrogens (primary N) is 1. The molecule has 0 aliphatic carbocycles. The minimum atomic E-state index is -0.363. The van der Waals surface area contributed by atoms with Crippen LogP contribution >= 0.6 is 11.6 Å². The quantitative estimate of drug-likeness (QED) is 0.799. The lowest BCUT2D eigenvalue weighted by Crippen LogP contribution is -2.16. The molecule has 2 N–H and O–H groups in total. The van der Waals surface area contributed by atoms with Crippen LogP contribution in [-0.2, 0) is 0 Å². The van der Waals surface area contributed by atoms with Gasteiger partial charge in [-0.25, -0.2) is 0 Å². The Morgan fingerprint density at radius 3 is 2.39 bits per heavy atom. The molecule has 0 unspecified atom stereocenters. The van der Waals surface area contributed by atoms with Gasteiger partial charge in [0.1, 0.15) is 5.75 Å². The van der Waals surface area contributed by atoms with E-state index in [1.54, 1.807) is 55.6 Å². The van der Waals surface area contributed by atoms with Gasteiger partial charge in [0.15, 0.2) is 5.82 Å². The zero-order chi connectivity index (χ0) is 16.4. The molecular weight excluding hydrogens is 316 g/mol. The van der Waals surface area contributed by atoms with Gasteiger partial charge in [0.05, 0.1) is 7.11 Å². The van der Waals surface area contributed by atoms with Crippen LogP contribution < -0.4 is 10.5 Å². The van der Waals surface area contributed by atoms with E-state index in [0.717, 1.165) is 10.2 Å². The maximum absolute atomic E-state index is 12.5. The van der Waals surface area contributed by atoms with Crippen molar-refractivity contribution in [3.05, 3.63) is 59.1 Å². The van der Waals surface area contributed by atoms with Gasteiger partial charge in [-0.2, -0.15) is 9.67 Å². The molecule has 0 atom stereocenters. The summed E-state index contributed by atoms with van der Waals surface area (Å²) in [5.41, 5.74) is 6.98. The Morgan fingerprint density at radius 2 is 1.78 bits per heavy atom. The van der Waals surface area contributed by atoms with Gasteiger partial charge >= 0.3 is 0 Å². The van der Waals surface area contributed by atoms with Crippen molar-refractivity contribution in [3.8, 4) is 17.1 Å². The maximum Gasteiger partial charge on any atom is 0.281 e. The number of nitrogen functional groups attached to an aromatic ring is 1. The lowest BCUT2D eigenvalue weighted by atomic mass is 10.2. The van der Waals surface area contributed by atoms with Gasteiger partial charge in [-0.15, -0.1) is 5.10 Å². The maximum atomic E-state index is 12.5. The lowest BCUT2D eigenvalue weighted by Gasteiger charge is -2.03. The summed E-state index contributed by atoms with van der Waals surface area (Å²) in [6, 6.07) is 13.6. The van der Waals surface area contributed by atoms with Gasteiger partial charge in [0.25, 0.3) is 5.91 Å². The molecular formula is C16H13ClN4O2. The van der Waals surface area contributed by atoms with E-state index in [1.165, 1.54) is 0 Å². The van der Waals surface area contributed by atoms with Crippen molar-refractivity contribution in [2.24, 2.45) is 0 Å². The molecule has 3 aromatic rings. The van der Waals surface area contributed by atoms with Crippen LogP contribution in [0.1, 0.15) is 10.4 Å². The highest BCUT2D eigenvalue weighted by Crippen LogP contribution is 2.20. The molecule has 0 saturated carbocycles. The van der Waals surface area contributed by atoms with Gasteiger partial charge in [-0.1, -0.05) is 11.6 Å². The first kappa shape index (κ1) is 15.1. The molecule has 1 heterocycles. The number of aromatic nitrogens is 3. The van der Waals surface area contributed by atoms with Gasteiger partial charge in [-0.3, -0.25) is 4.79 Å². The summed E-state index contributed by atoms with van der Waals surface area (Å²) in [4.78, 5) is 16.6. The van der Waals surface area contributed by atoms with E-state index < -0.39 is 0 Å². The predicted molar refractivity (Wildman–Crippen MR) is 87.6 cm³/mol. The molecule has 116 valence electrons. The molecule has 0 amide bonds. The van der Waals surface area contributed by atoms with Crippen LogP contribution in [0, 0.1) is 0 Å². The Bertz CT molecular complexity index is 842. The van der Waals surface area contributed by atoms with E-state index in [0.29, 0.717) is 22.2 Å². The third-order valence-electron chi connectivity index (χ3n) is 3.26. The van der Waals surface area contributed by atoms with E-state index in [1.807, 2.05) is 0 Å². The molecule has 7 heteroatoms. The van der Waals surface area contributed by atoms with Crippen LogP contribution in [0.5, 0.6) is 5.75 Å². The number of anilines is 1. The normalized spacial score (nSPS) is 10.5. The van der Waals surface area contributed by atoms with Crippen molar-refractivity contribution in [1.82, 2.24) is 14.8 Å². The Labute approximate surface area is 137 Å². The number of methoxy groups -OCH3 is 1. The molecule has 1 aromatic heterocycles. The number of carbonyl (C=O) groups is 1. The smallest absolute Gasteiger partial charge is 0.281 e. The highest BCUT2D eigenvalue weighted by molar-refractivity contribution is 6.30. The van der Waals surface area contributed by atoms with Crippen LogP contribution in [0.3, 0.4) is 0 Å². The molecule has 6 nitrogen and oxygen atoms in total. The van der Waals surface area contributed by atoms with Crippen molar-refractivity contribution in [2.75, 3.05) is 12.8 Å². The first-order valence-corrected chi connectivity index (χ1v) is 7.13. The fourth-order valence-corrected chi connectivity index (χ4v) is 2.18. The fraction of sp³-hybridized carbons (Fsp3) is 0.0625. The zero-order valence-corrected chi connectivity index (χ0v) is 13.0. The minimum Gasteiger partial charge on any atom is -0.497 e. The van der Waals surface area contributed by atoms with E-state index in [-0.39, 0.29) is 11.9 Å². The van der Waals surface area contributed by atoms with Crippen LogP contribution in [0.15, 0.2) is 48.5 Å². The summed E-state index contributed by atoms with van der Waals surface area (Å²) in [6.07, 6.45) is 0. The van der Waals surface area contributed by atoms with Gasteiger partial charge in [0, 0.05) is 16.1 Å². The number of benzene rings is 2. The Balaban J connectivity index is 1.93. The lowest BCUT2D eigenvalue weighted by molar-refractivity contribution is 0.0948. The first-order chi connectivity index (χ1) is 11.1. The van der Waals surface area contributed by atoms with Crippen LogP contribution in [0.2, 0.25) is 5.02 Å². The molecule has 0 bridgehead atoms. The Hall–Kier alpha value is -2.86. The molecule has 3 rings (SSSR count). The summed E-state index contributed by atoms with van der Waals surface area (Å²) in [6.45, 7) is 0. The third kappa shape index (κ3) is 3.02. The summed E-state index contributed by atoms with van der Waals surface area (Å²) in [5, 5.41) is 4.79. The molecule has 0 aliphatic heterocycles. The number of rotatable bonds is 3. The standard InChI is InChI=1S/C16H13ClN4O2/c1-23-13-8-4-11(5-9-13)15(22)21-16(18)19-14(20-21)10-2-6-12(17)7-3-10/h2-9H,1H3,(H2,18,19,20). The average molecular weight is 329 g/mol. The third-order valence-corrected chi connectivity index (χ3v) is 3.52. The molecule has 0 fully saturated rings. The van der Waals surface area contributed by atoms with Crippen LogP contribution in [-0.4, -0.2) is 27.8 Å².